The van der Waals surface area contributed by atoms with Crippen molar-refractivity contribution in [2.45, 2.75) is 45.9 Å². The molecule has 0 aliphatic carbocycles. The second kappa shape index (κ2) is 4.14. The number of carbonyl (C=O) groups is 1. The summed E-state index contributed by atoms with van der Waals surface area (Å²) in [7, 11) is 1.39. The Morgan fingerprint density at radius 3 is 2.71 bits per heavy atom. The number of aromatic nitrogens is 2. The lowest BCUT2D eigenvalue weighted by atomic mass is 10.1. The van der Waals surface area contributed by atoms with Gasteiger partial charge in [-0.15, -0.1) is 0 Å². The summed E-state index contributed by atoms with van der Waals surface area (Å²) >= 11 is 0. The lowest BCUT2D eigenvalue weighted by Gasteiger charge is -2.31. The largest absolute Gasteiger partial charge is 0.468 e. The zero-order chi connectivity index (χ0) is 12.6. The summed E-state index contributed by atoms with van der Waals surface area (Å²) in [5.74, 6) is -0.265. The molecule has 1 aliphatic rings. The molecule has 5 heteroatoms. The van der Waals surface area contributed by atoms with Gasteiger partial charge in [-0.2, -0.15) is 5.10 Å². The average Bonchev–Trinajstić information content (AvgIpc) is 2.73. The topological polar surface area (TPSA) is 47.4 Å². The van der Waals surface area contributed by atoms with Crippen LogP contribution >= 0.6 is 0 Å². The lowest BCUT2D eigenvalue weighted by Crippen LogP contribution is -2.37. The SMILES string of the molecule is COC(=O)Cn1cc2c(n1)CN(C(C)(C)C)C2. The van der Waals surface area contributed by atoms with E-state index in [1.54, 1.807) is 4.68 Å². The predicted molar refractivity (Wildman–Crippen MR) is 63.2 cm³/mol. The fourth-order valence-corrected chi connectivity index (χ4v) is 1.96. The first-order valence-corrected chi connectivity index (χ1v) is 5.77. The number of methoxy groups -OCH3 is 1. The molecule has 5 nitrogen and oxygen atoms in total. The Bertz CT molecular complexity index is 408. The van der Waals surface area contributed by atoms with Gasteiger partial charge < -0.3 is 4.74 Å². The van der Waals surface area contributed by atoms with Gasteiger partial charge in [0.05, 0.1) is 12.8 Å². The van der Waals surface area contributed by atoms with E-state index in [1.807, 2.05) is 6.20 Å². The van der Waals surface area contributed by atoms with Crippen LogP contribution in [0.25, 0.3) is 0 Å². The minimum absolute atomic E-state index is 0.154. The molecule has 0 aromatic carbocycles. The Balaban J connectivity index is 2.06. The first-order valence-electron chi connectivity index (χ1n) is 5.77. The molecule has 1 aliphatic heterocycles. The Kier molecular flexibility index (Phi) is 2.95. The summed E-state index contributed by atoms with van der Waals surface area (Å²) < 4.78 is 6.28. The molecule has 94 valence electrons. The van der Waals surface area contributed by atoms with Gasteiger partial charge in [-0.1, -0.05) is 0 Å². The summed E-state index contributed by atoms with van der Waals surface area (Å²) in [5, 5.41) is 4.42. The Morgan fingerprint density at radius 2 is 2.18 bits per heavy atom. The van der Waals surface area contributed by atoms with Crippen molar-refractivity contribution in [3.63, 3.8) is 0 Å². The summed E-state index contributed by atoms with van der Waals surface area (Å²) in [5.41, 5.74) is 2.44. The zero-order valence-corrected chi connectivity index (χ0v) is 10.9. The minimum Gasteiger partial charge on any atom is -0.468 e. The molecule has 1 aromatic heterocycles. The number of esters is 1. The van der Waals surface area contributed by atoms with E-state index >= 15 is 0 Å². The van der Waals surface area contributed by atoms with Crippen molar-refractivity contribution >= 4 is 5.97 Å². The maximum Gasteiger partial charge on any atom is 0.327 e. The lowest BCUT2D eigenvalue weighted by molar-refractivity contribution is -0.141. The maximum atomic E-state index is 11.1. The van der Waals surface area contributed by atoms with Gasteiger partial charge in [0.25, 0.3) is 0 Å². The predicted octanol–water partition coefficient (Wildman–Crippen LogP) is 1.17. The van der Waals surface area contributed by atoms with Crippen LogP contribution in [-0.4, -0.2) is 33.3 Å². The molecule has 1 aromatic rings. The van der Waals surface area contributed by atoms with E-state index in [0.717, 1.165) is 18.8 Å². The number of carbonyl (C=O) groups excluding carboxylic acids is 1. The van der Waals surface area contributed by atoms with Gasteiger partial charge in [0.15, 0.2) is 0 Å². The van der Waals surface area contributed by atoms with Gasteiger partial charge >= 0.3 is 5.97 Å². The van der Waals surface area contributed by atoms with E-state index < -0.39 is 0 Å². The number of nitrogens with zero attached hydrogens (tertiary/aromatic N) is 3. The number of hydrogen-bond acceptors (Lipinski definition) is 4. The van der Waals surface area contributed by atoms with E-state index in [1.165, 1.54) is 12.7 Å². The fourth-order valence-electron chi connectivity index (χ4n) is 1.96. The first-order chi connectivity index (χ1) is 7.90. The van der Waals surface area contributed by atoms with E-state index in [-0.39, 0.29) is 18.1 Å². The number of rotatable bonds is 2. The van der Waals surface area contributed by atoms with Gasteiger partial charge in [-0.3, -0.25) is 14.4 Å². The van der Waals surface area contributed by atoms with Crippen LogP contribution in [0.2, 0.25) is 0 Å². The van der Waals surface area contributed by atoms with E-state index in [2.05, 4.69) is 35.5 Å². The highest BCUT2D eigenvalue weighted by Gasteiger charge is 2.30. The molecule has 0 saturated heterocycles. The molecule has 0 fully saturated rings. The molecular formula is C12H19N3O2. The molecular weight excluding hydrogens is 218 g/mol. The summed E-state index contributed by atoms with van der Waals surface area (Å²) in [6, 6.07) is 0. The molecule has 0 saturated carbocycles. The van der Waals surface area contributed by atoms with E-state index in [4.69, 9.17) is 0 Å². The van der Waals surface area contributed by atoms with Crippen molar-refractivity contribution in [3.8, 4) is 0 Å². The number of ether oxygens (including phenoxy) is 1. The third kappa shape index (κ3) is 2.49. The molecule has 0 amide bonds. The summed E-state index contributed by atoms with van der Waals surface area (Å²) in [6.45, 7) is 8.54. The van der Waals surface area contributed by atoms with E-state index in [0.29, 0.717) is 0 Å². The fraction of sp³-hybridized carbons (Fsp3) is 0.667. The van der Waals surface area contributed by atoms with Crippen molar-refractivity contribution in [3.05, 3.63) is 17.5 Å². The maximum absolute atomic E-state index is 11.1. The molecule has 17 heavy (non-hydrogen) atoms. The van der Waals surface area contributed by atoms with Crippen LogP contribution in [0.3, 0.4) is 0 Å². The van der Waals surface area contributed by atoms with Crippen LogP contribution in [0.4, 0.5) is 0 Å². The smallest absolute Gasteiger partial charge is 0.327 e. The Labute approximate surface area is 101 Å². The van der Waals surface area contributed by atoms with Crippen molar-refractivity contribution in [1.82, 2.24) is 14.7 Å². The Morgan fingerprint density at radius 1 is 1.47 bits per heavy atom. The normalized spacial score (nSPS) is 16.0. The highest BCUT2D eigenvalue weighted by molar-refractivity contribution is 5.68. The molecule has 2 rings (SSSR count). The molecule has 0 unspecified atom stereocenters. The highest BCUT2D eigenvalue weighted by Crippen LogP contribution is 2.27. The third-order valence-corrected chi connectivity index (χ3v) is 3.09. The number of hydrogen-bond donors (Lipinski definition) is 0. The van der Waals surface area contributed by atoms with Gasteiger partial charge in [-0.25, -0.2) is 0 Å². The van der Waals surface area contributed by atoms with Crippen molar-refractivity contribution < 1.29 is 9.53 Å². The van der Waals surface area contributed by atoms with E-state index in [9.17, 15) is 4.79 Å². The second-order valence-electron chi connectivity index (χ2n) is 5.40. The molecule has 0 atom stereocenters. The summed E-state index contributed by atoms with van der Waals surface area (Å²) in [4.78, 5) is 13.5. The van der Waals surface area contributed by atoms with Crippen molar-refractivity contribution in [1.29, 1.82) is 0 Å². The van der Waals surface area contributed by atoms with Crippen LogP contribution in [-0.2, 0) is 29.2 Å². The molecule has 0 spiro atoms. The van der Waals surface area contributed by atoms with Gasteiger partial charge in [0.1, 0.15) is 6.54 Å². The number of fused-ring (bicyclic) bond motifs is 1. The average molecular weight is 237 g/mol. The van der Waals surface area contributed by atoms with Crippen LogP contribution in [0.15, 0.2) is 6.20 Å². The van der Waals surface area contributed by atoms with Gasteiger partial charge in [0, 0.05) is 30.4 Å². The molecule has 2 heterocycles. The van der Waals surface area contributed by atoms with Gasteiger partial charge in [0.2, 0.25) is 0 Å². The van der Waals surface area contributed by atoms with Crippen LogP contribution in [0.1, 0.15) is 32.0 Å². The third-order valence-electron chi connectivity index (χ3n) is 3.09. The minimum atomic E-state index is -0.265. The standard InChI is InChI=1S/C12H19N3O2/c1-12(2,3)14-5-9-6-15(8-11(16)17-4)13-10(9)7-14/h6H,5,7-8H2,1-4H3. The van der Waals surface area contributed by atoms with Crippen LogP contribution in [0.5, 0.6) is 0 Å². The van der Waals surface area contributed by atoms with Gasteiger partial charge in [-0.05, 0) is 20.8 Å². The molecule has 0 N–H and O–H groups in total. The van der Waals surface area contributed by atoms with Crippen LogP contribution < -0.4 is 0 Å². The quantitative estimate of drug-likeness (QED) is 0.724. The van der Waals surface area contributed by atoms with Crippen LogP contribution in [0, 0.1) is 0 Å². The summed E-state index contributed by atoms with van der Waals surface area (Å²) in [6.07, 6.45) is 1.94. The molecule has 0 radical (unpaired) electrons. The molecule has 0 bridgehead atoms. The second-order valence-corrected chi connectivity index (χ2v) is 5.40. The van der Waals surface area contributed by atoms with Crippen molar-refractivity contribution in [2.75, 3.05) is 7.11 Å². The monoisotopic (exact) mass is 237 g/mol. The van der Waals surface area contributed by atoms with Crippen molar-refractivity contribution in [2.24, 2.45) is 0 Å². The first kappa shape index (κ1) is 12.1. The zero-order valence-electron chi connectivity index (χ0n) is 10.9. The Hall–Kier alpha value is -1.36. The highest BCUT2D eigenvalue weighted by atomic mass is 16.5.